The largest absolute Gasteiger partial charge is 0.383 e. The van der Waals surface area contributed by atoms with Crippen molar-refractivity contribution in [2.45, 2.75) is 10.9 Å². The number of nitrogen functional groups attached to an aromatic ring is 2. The summed E-state index contributed by atoms with van der Waals surface area (Å²) in [5.41, 5.74) is 13.5. The molecule has 0 saturated heterocycles. The summed E-state index contributed by atoms with van der Waals surface area (Å²) in [6.07, 6.45) is 1.81. The van der Waals surface area contributed by atoms with Gasteiger partial charge in [-0.1, -0.05) is 30.0 Å². The van der Waals surface area contributed by atoms with E-state index in [4.69, 9.17) is 11.5 Å². The van der Waals surface area contributed by atoms with Gasteiger partial charge in [0.25, 0.3) is 0 Å². The highest BCUT2D eigenvalue weighted by Crippen LogP contribution is 2.25. The van der Waals surface area contributed by atoms with Gasteiger partial charge in [-0.3, -0.25) is 4.98 Å². The van der Waals surface area contributed by atoms with Gasteiger partial charge in [-0.15, -0.1) is 0 Å². The number of rotatable bonds is 3. The smallest absolute Gasteiger partial charge is 0.191 e. The summed E-state index contributed by atoms with van der Waals surface area (Å²) in [6.45, 7) is 0. The number of thioether (sulfide) groups is 1. The number of anilines is 2. The quantitative estimate of drug-likeness (QED) is 0.567. The highest BCUT2D eigenvalue weighted by Gasteiger charge is 2.05. The molecule has 1 aromatic carbocycles. The fraction of sp³-hybridized carbons (Fsp3) is 0.0714. The van der Waals surface area contributed by atoms with Crippen molar-refractivity contribution in [1.82, 2.24) is 15.0 Å². The molecule has 0 fully saturated rings. The van der Waals surface area contributed by atoms with Crippen LogP contribution in [0.4, 0.5) is 11.6 Å². The lowest BCUT2D eigenvalue weighted by atomic mass is 10.1. The summed E-state index contributed by atoms with van der Waals surface area (Å²) in [6, 6.07) is 11.6. The van der Waals surface area contributed by atoms with Crippen molar-refractivity contribution in [2.24, 2.45) is 0 Å². The van der Waals surface area contributed by atoms with Crippen LogP contribution >= 0.6 is 11.8 Å². The molecule has 3 aromatic rings. The zero-order valence-corrected chi connectivity index (χ0v) is 11.5. The second kappa shape index (κ2) is 5.34. The minimum Gasteiger partial charge on any atom is -0.383 e. The first-order valence-corrected chi connectivity index (χ1v) is 7.06. The number of aromatic nitrogens is 3. The van der Waals surface area contributed by atoms with Gasteiger partial charge in [0.05, 0.1) is 5.52 Å². The Kier molecular flexibility index (Phi) is 3.39. The summed E-state index contributed by atoms with van der Waals surface area (Å²) >= 11 is 1.51. The molecule has 3 rings (SSSR count). The van der Waals surface area contributed by atoms with Crippen molar-refractivity contribution in [1.29, 1.82) is 0 Å². The van der Waals surface area contributed by atoms with Gasteiger partial charge in [0, 0.05) is 23.4 Å². The van der Waals surface area contributed by atoms with Gasteiger partial charge in [0.15, 0.2) is 5.16 Å². The molecule has 6 heteroatoms. The van der Waals surface area contributed by atoms with E-state index in [1.54, 1.807) is 6.07 Å². The van der Waals surface area contributed by atoms with E-state index < -0.39 is 0 Å². The Morgan fingerprint density at radius 2 is 1.75 bits per heavy atom. The number of hydrogen-bond acceptors (Lipinski definition) is 6. The first kappa shape index (κ1) is 12.7. The summed E-state index contributed by atoms with van der Waals surface area (Å²) in [7, 11) is 0. The molecule has 0 saturated carbocycles. The van der Waals surface area contributed by atoms with Gasteiger partial charge < -0.3 is 11.5 Å². The van der Waals surface area contributed by atoms with Crippen LogP contribution in [0.5, 0.6) is 0 Å². The average molecular weight is 283 g/mol. The normalized spacial score (nSPS) is 10.8. The van der Waals surface area contributed by atoms with Crippen molar-refractivity contribution in [3.8, 4) is 0 Å². The van der Waals surface area contributed by atoms with Crippen LogP contribution in [-0.4, -0.2) is 15.0 Å². The van der Waals surface area contributed by atoms with E-state index in [0.29, 0.717) is 16.8 Å². The molecular weight excluding hydrogens is 270 g/mol. The summed E-state index contributed by atoms with van der Waals surface area (Å²) in [4.78, 5) is 12.7. The number of fused-ring (bicyclic) bond motifs is 1. The monoisotopic (exact) mass is 283 g/mol. The Morgan fingerprint density at radius 3 is 2.55 bits per heavy atom. The third kappa shape index (κ3) is 2.65. The molecule has 0 amide bonds. The molecule has 0 radical (unpaired) electrons. The zero-order chi connectivity index (χ0) is 13.9. The molecule has 0 unspecified atom stereocenters. The topological polar surface area (TPSA) is 90.7 Å². The second-order valence-electron chi connectivity index (χ2n) is 4.28. The first-order valence-electron chi connectivity index (χ1n) is 6.08. The van der Waals surface area contributed by atoms with Crippen molar-refractivity contribution < 1.29 is 0 Å². The summed E-state index contributed by atoms with van der Waals surface area (Å²) in [5.74, 6) is 1.52. The fourth-order valence-electron chi connectivity index (χ4n) is 1.95. The molecule has 100 valence electrons. The molecule has 2 heterocycles. The molecule has 5 nitrogen and oxygen atoms in total. The average Bonchev–Trinajstić information content (AvgIpc) is 2.44. The molecule has 2 aromatic heterocycles. The molecule has 20 heavy (non-hydrogen) atoms. The summed E-state index contributed by atoms with van der Waals surface area (Å²) in [5, 5.41) is 1.72. The maximum absolute atomic E-state index is 5.66. The van der Waals surface area contributed by atoms with E-state index in [1.807, 2.05) is 30.5 Å². The van der Waals surface area contributed by atoms with E-state index in [1.165, 1.54) is 17.3 Å². The van der Waals surface area contributed by atoms with E-state index in [-0.39, 0.29) is 0 Å². The predicted molar refractivity (Wildman–Crippen MR) is 82.2 cm³/mol. The highest BCUT2D eigenvalue weighted by molar-refractivity contribution is 7.98. The van der Waals surface area contributed by atoms with Crippen LogP contribution < -0.4 is 11.5 Å². The predicted octanol–water partition coefficient (Wildman–Crippen LogP) is 2.48. The number of nitrogens with zero attached hydrogens (tertiary/aromatic N) is 3. The standard InChI is InChI=1S/C14H13N5S/c15-12-7-13(16)19-14(18-12)20-8-9-5-6-17-11-4-2-1-3-10(9)11/h1-7H,8H2,(H4,15,16,18,19). The second-order valence-corrected chi connectivity index (χ2v) is 5.22. The number of benzene rings is 1. The maximum atomic E-state index is 5.66. The van der Waals surface area contributed by atoms with Gasteiger partial charge >= 0.3 is 0 Å². The molecule has 0 spiro atoms. The van der Waals surface area contributed by atoms with Crippen LogP contribution in [0.3, 0.4) is 0 Å². The Hall–Kier alpha value is -2.34. The van der Waals surface area contributed by atoms with Crippen molar-refractivity contribution in [3.05, 3.63) is 48.2 Å². The van der Waals surface area contributed by atoms with Gasteiger partial charge in [-0.05, 0) is 17.7 Å². The third-order valence-corrected chi connectivity index (χ3v) is 3.74. The summed E-state index contributed by atoms with van der Waals surface area (Å²) < 4.78 is 0. The molecule has 0 aliphatic heterocycles. The van der Waals surface area contributed by atoms with Gasteiger partial charge in [-0.25, -0.2) is 9.97 Å². The number of para-hydroxylation sites is 1. The minimum absolute atomic E-state index is 0.389. The molecule has 0 aliphatic rings. The molecule has 0 aliphatic carbocycles. The van der Waals surface area contributed by atoms with E-state index in [9.17, 15) is 0 Å². The van der Waals surface area contributed by atoms with E-state index in [2.05, 4.69) is 21.0 Å². The molecule has 0 atom stereocenters. The first-order chi connectivity index (χ1) is 9.72. The number of nitrogens with two attached hydrogens (primary N) is 2. The van der Waals surface area contributed by atoms with Gasteiger partial charge in [0.1, 0.15) is 11.6 Å². The zero-order valence-electron chi connectivity index (χ0n) is 10.7. The van der Waals surface area contributed by atoms with Crippen molar-refractivity contribution >= 4 is 34.3 Å². The van der Waals surface area contributed by atoms with Crippen LogP contribution in [0.25, 0.3) is 10.9 Å². The van der Waals surface area contributed by atoms with Gasteiger partial charge in [-0.2, -0.15) is 0 Å². The van der Waals surface area contributed by atoms with Crippen LogP contribution in [0, 0.1) is 0 Å². The van der Waals surface area contributed by atoms with Crippen molar-refractivity contribution in [3.63, 3.8) is 0 Å². The fourth-order valence-corrected chi connectivity index (χ4v) is 2.83. The number of hydrogen-bond donors (Lipinski definition) is 2. The third-order valence-electron chi connectivity index (χ3n) is 2.84. The lowest BCUT2D eigenvalue weighted by Gasteiger charge is -2.06. The van der Waals surface area contributed by atoms with Crippen molar-refractivity contribution in [2.75, 3.05) is 11.5 Å². The Morgan fingerprint density at radius 1 is 1.00 bits per heavy atom. The Balaban J connectivity index is 1.87. The molecule has 0 bridgehead atoms. The van der Waals surface area contributed by atoms with Gasteiger partial charge in [0.2, 0.25) is 0 Å². The van der Waals surface area contributed by atoms with E-state index in [0.717, 1.165) is 16.7 Å². The number of pyridine rings is 1. The van der Waals surface area contributed by atoms with Crippen LogP contribution in [0.2, 0.25) is 0 Å². The lowest BCUT2D eigenvalue weighted by molar-refractivity contribution is 0.984. The minimum atomic E-state index is 0.389. The van der Waals surface area contributed by atoms with Crippen LogP contribution in [0.15, 0.2) is 47.8 Å². The highest BCUT2D eigenvalue weighted by atomic mass is 32.2. The molecule has 4 N–H and O–H groups in total. The Bertz CT molecular complexity index is 734. The lowest BCUT2D eigenvalue weighted by Crippen LogP contribution is -1.99. The maximum Gasteiger partial charge on any atom is 0.191 e. The SMILES string of the molecule is Nc1cc(N)nc(SCc2ccnc3ccccc23)n1. The van der Waals surface area contributed by atoms with Crippen LogP contribution in [0.1, 0.15) is 5.56 Å². The Labute approximate surface area is 120 Å². The van der Waals surface area contributed by atoms with E-state index >= 15 is 0 Å². The molecular formula is C14H13N5S. The van der Waals surface area contributed by atoms with Crippen LogP contribution in [-0.2, 0) is 5.75 Å².